The molecule has 2 heterocycles. The number of halogens is 1. The van der Waals surface area contributed by atoms with Crippen LogP contribution in [0.2, 0.25) is 5.15 Å². The van der Waals surface area contributed by atoms with Gasteiger partial charge in [-0.3, -0.25) is 0 Å². The molecule has 108 valence electrons. The summed E-state index contributed by atoms with van der Waals surface area (Å²) >= 11 is 6.01. The molecule has 2 aromatic rings. The summed E-state index contributed by atoms with van der Waals surface area (Å²) in [5, 5.41) is 19.2. The van der Waals surface area contributed by atoms with Crippen LogP contribution in [0, 0.1) is 11.8 Å². The van der Waals surface area contributed by atoms with Gasteiger partial charge in [0.2, 0.25) is 5.95 Å². The first-order valence-corrected chi connectivity index (χ1v) is 6.90. The molecule has 1 fully saturated rings. The molecular weight excluding hydrogens is 282 g/mol. The van der Waals surface area contributed by atoms with Crippen molar-refractivity contribution < 1.29 is 10.2 Å². The fourth-order valence-corrected chi connectivity index (χ4v) is 3.33. The molecule has 0 saturated heterocycles. The molecule has 0 spiro atoms. The molecule has 4 N–H and O–H groups in total. The van der Waals surface area contributed by atoms with Crippen LogP contribution in [-0.4, -0.2) is 42.9 Å². The summed E-state index contributed by atoms with van der Waals surface area (Å²) in [6.45, 7) is 0.0934. The highest BCUT2D eigenvalue weighted by Gasteiger charge is 2.37. The van der Waals surface area contributed by atoms with Crippen molar-refractivity contribution in [3.63, 3.8) is 0 Å². The second-order valence-electron chi connectivity index (χ2n) is 5.13. The lowest BCUT2D eigenvalue weighted by atomic mass is 9.95. The quantitative estimate of drug-likeness (QED) is 0.716. The number of hydrogen-bond acceptors (Lipinski definition) is 6. The number of imidazole rings is 1. The number of aromatic nitrogens is 4. The van der Waals surface area contributed by atoms with Crippen molar-refractivity contribution in [2.45, 2.75) is 18.9 Å². The Kier molecular flexibility index (Phi) is 3.49. The van der Waals surface area contributed by atoms with E-state index in [1.165, 1.54) is 0 Å². The minimum Gasteiger partial charge on any atom is -0.396 e. The Morgan fingerprint density at radius 1 is 1.30 bits per heavy atom. The highest BCUT2D eigenvalue weighted by molar-refractivity contribution is 6.33. The predicted octanol–water partition coefficient (Wildman–Crippen LogP) is 0.614. The number of rotatable bonds is 3. The van der Waals surface area contributed by atoms with Gasteiger partial charge in [-0.1, -0.05) is 11.6 Å². The lowest BCUT2D eigenvalue weighted by Gasteiger charge is -2.23. The molecular formula is C12H16ClN5O2. The summed E-state index contributed by atoms with van der Waals surface area (Å²) in [5.74, 6) is 0.172. The Morgan fingerprint density at radius 3 is 2.80 bits per heavy atom. The van der Waals surface area contributed by atoms with E-state index in [0.717, 1.165) is 12.8 Å². The predicted molar refractivity (Wildman–Crippen MR) is 74.2 cm³/mol. The van der Waals surface area contributed by atoms with E-state index >= 15 is 0 Å². The Balaban J connectivity index is 2.06. The third-order valence-corrected chi connectivity index (χ3v) is 4.40. The van der Waals surface area contributed by atoms with Crippen LogP contribution in [0.5, 0.6) is 0 Å². The van der Waals surface area contributed by atoms with Crippen LogP contribution in [0.4, 0.5) is 5.95 Å². The number of hydrogen-bond donors (Lipinski definition) is 3. The third kappa shape index (κ3) is 2.02. The van der Waals surface area contributed by atoms with E-state index < -0.39 is 0 Å². The molecule has 3 rings (SSSR count). The number of fused-ring (bicyclic) bond motifs is 1. The number of aliphatic hydroxyl groups excluding tert-OH is 2. The zero-order valence-corrected chi connectivity index (χ0v) is 11.5. The van der Waals surface area contributed by atoms with Gasteiger partial charge in [-0.05, 0) is 18.8 Å². The van der Waals surface area contributed by atoms with E-state index in [9.17, 15) is 10.2 Å². The highest BCUT2D eigenvalue weighted by Crippen LogP contribution is 2.41. The maximum atomic E-state index is 9.59. The van der Waals surface area contributed by atoms with Gasteiger partial charge in [0.05, 0.1) is 6.33 Å². The van der Waals surface area contributed by atoms with Crippen molar-refractivity contribution in [1.29, 1.82) is 0 Å². The Bertz CT molecular complexity index is 632. The molecule has 3 unspecified atom stereocenters. The van der Waals surface area contributed by atoms with Crippen molar-refractivity contribution in [3.05, 3.63) is 11.5 Å². The second-order valence-corrected chi connectivity index (χ2v) is 5.49. The molecule has 0 aromatic carbocycles. The van der Waals surface area contributed by atoms with Gasteiger partial charge in [0.25, 0.3) is 0 Å². The summed E-state index contributed by atoms with van der Waals surface area (Å²) in [6.07, 6.45) is 3.36. The molecule has 0 amide bonds. The standard InChI is InChI=1S/C12H16ClN5O2/c13-10-9-11(17-12(14)16-10)18(5-15-9)8-2-1-6(3-19)7(8)4-20/h5-8,19-20H,1-4H2,(H2,14,16,17). The summed E-state index contributed by atoms with van der Waals surface area (Å²) in [6, 6.07) is 0.0347. The molecule has 3 atom stereocenters. The van der Waals surface area contributed by atoms with Gasteiger partial charge >= 0.3 is 0 Å². The Labute approximate surface area is 120 Å². The Hall–Kier alpha value is -1.44. The fraction of sp³-hybridized carbons (Fsp3) is 0.583. The third-order valence-electron chi connectivity index (χ3n) is 4.13. The van der Waals surface area contributed by atoms with Crippen LogP contribution in [0.25, 0.3) is 11.2 Å². The molecule has 20 heavy (non-hydrogen) atoms. The zero-order chi connectivity index (χ0) is 14.3. The molecule has 0 radical (unpaired) electrons. The monoisotopic (exact) mass is 297 g/mol. The molecule has 1 saturated carbocycles. The van der Waals surface area contributed by atoms with Crippen LogP contribution in [0.15, 0.2) is 6.33 Å². The first-order valence-electron chi connectivity index (χ1n) is 6.53. The molecule has 0 bridgehead atoms. The molecule has 1 aliphatic rings. The maximum Gasteiger partial charge on any atom is 0.223 e. The topological polar surface area (TPSA) is 110 Å². The first kappa shape index (κ1) is 13.5. The zero-order valence-electron chi connectivity index (χ0n) is 10.8. The highest BCUT2D eigenvalue weighted by atomic mass is 35.5. The van der Waals surface area contributed by atoms with Crippen molar-refractivity contribution in [2.75, 3.05) is 18.9 Å². The second kappa shape index (κ2) is 5.16. The molecule has 2 aromatic heterocycles. The molecule has 7 nitrogen and oxygen atoms in total. The van der Waals surface area contributed by atoms with E-state index in [1.54, 1.807) is 6.33 Å². The van der Waals surface area contributed by atoms with Crippen molar-refractivity contribution in [3.8, 4) is 0 Å². The number of nitrogens with zero attached hydrogens (tertiary/aromatic N) is 4. The van der Waals surface area contributed by atoms with E-state index in [1.807, 2.05) is 4.57 Å². The van der Waals surface area contributed by atoms with Crippen molar-refractivity contribution in [1.82, 2.24) is 19.5 Å². The Morgan fingerprint density at radius 2 is 2.10 bits per heavy atom. The number of nitrogens with two attached hydrogens (primary N) is 1. The van der Waals surface area contributed by atoms with Crippen LogP contribution in [0.1, 0.15) is 18.9 Å². The van der Waals surface area contributed by atoms with Crippen molar-refractivity contribution >= 4 is 28.7 Å². The smallest absolute Gasteiger partial charge is 0.223 e. The summed E-state index contributed by atoms with van der Waals surface area (Å²) < 4.78 is 1.88. The van der Waals surface area contributed by atoms with Gasteiger partial charge in [0.1, 0.15) is 5.52 Å². The SMILES string of the molecule is Nc1nc(Cl)c2ncn(C3CCC(CO)C3CO)c2n1. The van der Waals surface area contributed by atoms with Gasteiger partial charge in [-0.25, -0.2) is 4.98 Å². The van der Waals surface area contributed by atoms with Gasteiger partial charge in [0, 0.05) is 25.2 Å². The average molecular weight is 298 g/mol. The molecule has 0 aliphatic heterocycles. The lowest BCUT2D eigenvalue weighted by Crippen LogP contribution is -2.24. The number of aliphatic hydroxyl groups is 2. The summed E-state index contributed by atoms with van der Waals surface area (Å²) in [4.78, 5) is 12.3. The summed E-state index contributed by atoms with van der Waals surface area (Å²) in [7, 11) is 0. The maximum absolute atomic E-state index is 9.59. The first-order chi connectivity index (χ1) is 9.65. The molecule has 1 aliphatic carbocycles. The normalized spacial score (nSPS) is 26.4. The minimum atomic E-state index is -0.0210. The van der Waals surface area contributed by atoms with E-state index in [2.05, 4.69) is 15.0 Å². The van der Waals surface area contributed by atoms with Crippen LogP contribution in [0.3, 0.4) is 0 Å². The van der Waals surface area contributed by atoms with E-state index in [0.29, 0.717) is 11.2 Å². The minimum absolute atomic E-state index is 0.0177. The van der Waals surface area contributed by atoms with Gasteiger partial charge < -0.3 is 20.5 Å². The van der Waals surface area contributed by atoms with E-state index in [-0.39, 0.29) is 42.2 Å². The summed E-state index contributed by atoms with van der Waals surface area (Å²) in [5.41, 5.74) is 6.71. The molecule has 8 heteroatoms. The van der Waals surface area contributed by atoms with Gasteiger partial charge in [-0.2, -0.15) is 9.97 Å². The van der Waals surface area contributed by atoms with Crippen molar-refractivity contribution in [2.24, 2.45) is 11.8 Å². The average Bonchev–Trinajstić information content (AvgIpc) is 3.00. The number of nitrogen functional groups attached to an aromatic ring is 1. The van der Waals surface area contributed by atoms with Crippen LogP contribution < -0.4 is 5.73 Å². The fourth-order valence-electron chi connectivity index (χ4n) is 3.11. The number of anilines is 1. The van der Waals surface area contributed by atoms with Gasteiger partial charge in [-0.15, -0.1) is 0 Å². The lowest BCUT2D eigenvalue weighted by molar-refractivity contribution is 0.121. The van der Waals surface area contributed by atoms with Crippen LogP contribution in [-0.2, 0) is 0 Å². The largest absolute Gasteiger partial charge is 0.396 e. The van der Waals surface area contributed by atoms with Gasteiger partial charge in [0.15, 0.2) is 10.8 Å². The van der Waals surface area contributed by atoms with Crippen LogP contribution >= 0.6 is 11.6 Å². The van der Waals surface area contributed by atoms with E-state index in [4.69, 9.17) is 17.3 Å².